The molecule has 0 aromatic rings. The van der Waals surface area contributed by atoms with Crippen molar-refractivity contribution < 1.29 is 28.6 Å². The average molecular weight is 851 g/mol. The predicted octanol–water partition coefficient (Wildman–Crippen LogP) is 15.5. The number of allylic oxidation sites excluding steroid dienone is 26. The zero-order valence-electron chi connectivity index (χ0n) is 38.8. The van der Waals surface area contributed by atoms with Gasteiger partial charge in [-0.15, -0.1) is 0 Å². The van der Waals surface area contributed by atoms with Crippen LogP contribution in [0, 0.1) is 0 Å². The van der Waals surface area contributed by atoms with Crippen LogP contribution in [-0.2, 0) is 28.6 Å². The van der Waals surface area contributed by atoms with Gasteiger partial charge in [-0.3, -0.25) is 14.4 Å². The lowest BCUT2D eigenvalue weighted by molar-refractivity contribution is -0.166. The highest BCUT2D eigenvalue weighted by molar-refractivity contribution is 5.71. The van der Waals surface area contributed by atoms with Crippen LogP contribution in [0.3, 0.4) is 0 Å². The van der Waals surface area contributed by atoms with E-state index in [1.807, 2.05) is 48.6 Å². The van der Waals surface area contributed by atoms with Gasteiger partial charge < -0.3 is 14.2 Å². The van der Waals surface area contributed by atoms with Gasteiger partial charge in [0.2, 0.25) is 0 Å². The Morgan fingerprint density at radius 3 is 1.19 bits per heavy atom. The number of unbranched alkanes of at least 4 members (excludes halogenated alkanes) is 5. The Morgan fingerprint density at radius 1 is 0.339 bits per heavy atom. The average Bonchev–Trinajstić information content (AvgIpc) is 3.27. The van der Waals surface area contributed by atoms with Crippen molar-refractivity contribution in [2.45, 2.75) is 162 Å². The first-order valence-corrected chi connectivity index (χ1v) is 23.5. The van der Waals surface area contributed by atoms with Gasteiger partial charge in [0.15, 0.2) is 6.10 Å². The van der Waals surface area contributed by atoms with E-state index in [2.05, 4.69) is 130 Å². The van der Waals surface area contributed by atoms with Crippen LogP contribution < -0.4 is 0 Å². The summed E-state index contributed by atoms with van der Waals surface area (Å²) in [6, 6.07) is 0. The Bertz CT molecular complexity index is 1490. The third kappa shape index (κ3) is 46.1. The molecule has 0 N–H and O–H groups in total. The molecule has 0 aromatic carbocycles. The normalized spacial score (nSPS) is 13.5. The molecule has 342 valence electrons. The van der Waals surface area contributed by atoms with Crippen LogP contribution >= 0.6 is 0 Å². The quantitative estimate of drug-likeness (QED) is 0.0202. The van der Waals surface area contributed by atoms with Gasteiger partial charge in [0.25, 0.3) is 0 Å². The molecule has 0 rings (SSSR count). The number of carbonyl (C=O) groups excluding carboxylic acids is 3. The van der Waals surface area contributed by atoms with Gasteiger partial charge in [0.1, 0.15) is 13.2 Å². The third-order valence-electron chi connectivity index (χ3n) is 8.87. The summed E-state index contributed by atoms with van der Waals surface area (Å²) in [4.78, 5) is 37.8. The molecule has 0 spiro atoms. The molecule has 0 radical (unpaired) electrons. The van der Waals surface area contributed by atoms with Gasteiger partial charge in [0, 0.05) is 19.3 Å². The van der Waals surface area contributed by atoms with E-state index in [-0.39, 0.29) is 50.4 Å². The maximum Gasteiger partial charge on any atom is 0.306 e. The lowest BCUT2D eigenvalue weighted by Gasteiger charge is -2.18. The minimum Gasteiger partial charge on any atom is -0.462 e. The number of carbonyl (C=O) groups is 3. The van der Waals surface area contributed by atoms with Crippen LogP contribution in [0.5, 0.6) is 0 Å². The fourth-order valence-corrected chi connectivity index (χ4v) is 5.43. The molecule has 0 aliphatic rings. The van der Waals surface area contributed by atoms with E-state index in [1.54, 1.807) is 0 Å². The summed E-state index contributed by atoms with van der Waals surface area (Å²) in [6.07, 6.45) is 71.0. The molecule has 0 aromatic heterocycles. The summed E-state index contributed by atoms with van der Waals surface area (Å²) in [7, 11) is 0. The van der Waals surface area contributed by atoms with E-state index in [9.17, 15) is 14.4 Å². The number of ether oxygens (including phenoxy) is 3. The molecule has 6 heteroatoms. The summed E-state index contributed by atoms with van der Waals surface area (Å²) in [6.45, 7) is 6.08. The number of hydrogen-bond acceptors (Lipinski definition) is 6. The van der Waals surface area contributed by atoms with Crippen molar-refractivity contribution in [2.24, 2.45) is 0 Å². The van der Waals surface area contributed by atoms with E-state index < -0.39 is 6.10 Å². The Kier molecular flexibility index (Phi) is 44.8. The van der Waals surface area contributed by atoms with Crippen LogP contribution in [0.15, 0.2) is 158 Å². The molecule has 0 aliphatic heterocycles. The van der Waals surface area contributed by atoms with Crippen LogP contribution in [0.1, 0.15) is 156 Å². The predicted molar refractivity (Wildman–Crippen MR) is 265 cm³/mol. The number of esters is 3. The monoisotopic (exact) mass is 851 g/mol. The van der Waals surface area contributed by atoms with E-state index in [4.69, 9.17) is 14.2 Å². The van der Waals surface area contributed by atoms with Crippen molar-refractivity contribution in [2.75, 3.05) is 13.2 Å². The topological polar surface area (TPSA) is 78.9 Å². The summed E-state index contributed by atoms with van der Waals surface area (Å²) >= 11 is 0. The molecular weight excluding hydrogens is 769 g/mol. The van der Waals surface area contributed by atoms with Crippen LogP contribution in [0.4, 0.5) is 0 Å². The van der Waals surface area contributed by atoms with E-state index in [0.717, 1.165) is 96.3 Å². The second-order valence-corrected chi connectivity index (χ2v) is 14.6. The van der Waals surface area contributed by atoms with Gasteiger partial charge in [-0.2, -0.15) is 0 Å². The highest BCUT2D eigenvalue weighted by Crippen LogP contribution is 2.09. The molecule has 6 nitrogen and oxygen atoms in total. The Balaban J connectivity index is 4.64. The first-order valence-electron chi connectivity index (χ1n) is 23.5. The van der Waals surface area contributed by atoms with Crippen LogP contribution in [-0.4, -0.2) is 37.2 Å². The van der Waals surface area contributed by atoms with Crippen molar-refractivity contribution >= 4 is 17.9 Å². The van der Waals surface area contributed by atoms with Gasteiger partial charge in [-0.25, -0.2) is 0 Å². The lowest BCUT2D eigenvalue weighted by Crippen LogP contribution is -2.30. The molecule has 0 amide bonds. The molecule has 1 unspecified atom stereocenters. The number of hydrogen-bond donors (Lipinski definition) is 0. The molecule has 0 saturated carbocycles. The van der Waals surface area contributed by atoms with Crippen molar-refractivity contribution in [3.8, 4) is 0 Å². The first-order chi connectivity index (χ1) is 30.5. The zero-order valence-corrected chi connectivity index (χ0v) is 38.8. The van der Waals surface area contributed by atoms with Crippen molar-refractivity contribution in [1.29, 1.82) is 0 Å². The molecular formula is C56H82O6. The minimum absolute atomic E-state index is 0.146. The maximum atomic E-state index is 12.7. The molecule has 1 atom stereocenters. The lowest BCUT2D eigenvalue weighted by atomic mass is 10.1. The van der Waals surface area contributed by atoms with Crippen LogP contribution in [0.25, 0.3) is 0 Å². The van der Waals surface area contributed by atoms with Crippen molar-refractivity contribution in [3.63, 3.8) is 0 Å². The molecule has 0 aliphatic carbocycles. The fraction of sp³-hybridized carbons (Fsp3) is 0.482. The third-order valence-corrected chi connectivity index (χ3v) is 8.87. The van der Waals surface area contributed by atoms with Gasteiger partial charge in [-0.05, 0) is 109 Å². The van der Waals surface area contributed by atoms with Crippen molar-refractivity contribution in [3.05, 3.63) is 158 Å². The largest absolute Gasteiger partial charge is 0.462 e. The Labute approximate surface area is 378 Å². The molecule has 0 heterocycles. The fourth-order valence-electron chi connectivity index (χ4n) is 5.43. The van der Waals surface area contributed by atoms with Gasteiger partial charge >= 0.3 is 17.9 Å². The Hall–Kier alpha value is -4.97. The summed E-state index contributed by atoms with van der Waals surface area (Å²) in [5.74, 6) is -1.13. The number of rotatable bonds is 39. The molecule has 0 saturated heterocycles. The zero-order chi connectivity index (χ0) is 45.1. The van der Waals surface area contributed by atoms with E-state index in [0.29, 0.717) is 19.3 Å². The highest BCUT2D eigenvalue weighted by atomic mass is 16.6. The summed E-state index contributed by atoms with van der Waals surface area (Å²) < 4.78 is 16.6. The van der Waals surface area contributed by atoms with E-state index >= 15 is 0 Å². The molecule has 0 bridgehead atoms. The smallest absolute Gasteiger partial charge is 0.306 e. The summed E-state index contributed by atoms with van der Waals surface area (Å²) in [5, 5.41) is 0. The highest BCUT2D eigenvalue weighted by Gasteiger charge is 2.19. The van der Waals surface area contributed by atoms with Crippen molar-refractivity contribution in [1.82, 2.24) is 0 Å². The summed E-state index contributed by atoms with van der Waals surface area (Å²) in [5.41, 5.74) is 0. The standard InChI is InChI=1S/C56H82O6/c1-4-7-10-13-16-19-22-25-26-27-28-29-30-32-34-37-40-43-46-49-55(58)61-52-53(51-60-54(57)48-45-42-39-36-33-24-21-18-15-12-9-6-3)62-56(59)50-47-44-41-38-35-31-23-20-17-14-11-8-5-2/h7-12,14,16-21,23,25-26,28-29,31-36,40,43,53H,4-6,13,15,22,24,27,30,37-39,41-42,44-52H2,1-3H3/b10-7-,11-8-,12-9-,17-14-,19-16-,21-18-,23-20-,26-25-,29-28-,34-32-,35-31-,36-33-,43-40-. The first kappa shape index (κ1) is 57.0. The van der Waals surface area contributed by atoms with Crippen LogP contribution in [0.2, 0.25) is 0 Å². The maximum absolute atomic E-state index is 12.7. The second kappa shape index (κ2) is 48.7. The van der Waals surface area contributed by atoms with Gasteiger partial charge in [0.05, 0.1) is 0 Å². The molecule has 62 heavy (non-hydrogen) atoms. The second-order valence-electron chi connectivity index (χ2n) is 14.6. The van der Waals surface area contributed by atoms with E-state index in [1.165, 1.54) is 0 Å². The SMILES string of the molecule is CC\C=C/C=C\C=C/C=C\CCCCCC(=O)OC(COC(=O)CC/C=C\C/C=C\C/C=C\C/C=C\C/C=C\C/C=C\CC)COC(=O)CCCC/C=C\C/C=C\C/C=C\CC. The Morgan fingerprint density at radius 2 is 0.694 bits per heavy atom. The minimum atomic E-state index is -0.851. The molecule has 0 fully saturated rings. The van der Waals surface area contributed by atoms with Gasteiger partial charge in [-0.1, -0.05) is 185 Å².